The molecule has 1 amide bonds. The maximum atomic E-state index is 11.5. The number of piperidine rings is 1. The van der Waals surface area contributed by atoms with E-state index in [1.807, 2.05) is 25.1 Å². The van der Waals surface area contributed by atoms with E-state index in [0.717, 1.165) is 38.0 Å². The van der Waals surface area contributed by atoms with Gasteiger partial charge in [-0.15, -0.1) is 0 Å². The minimum atomic E-state index is -0.264. The second kappa shape index (κ2) is 6.83. The summed E-state index contributed by atoms with van der Waals surface area (Å²) in [5.74, 6) is 5.30. The molecule has 2 rings (SSSR count). The van der Waals surface area contributed by atoms with Crippen LogP contribution >= 0.6 is 0 Å². The molecule has 0 saturated carbocycles. The van der Waals surface area contributed by atoms with E-state index in [1.165, 1.54) is 0 Å². The number of nitrogens with two attached hydrogens (primary N) is 1. The second-order valence-electron chi connectivity index (χ2n) is 5.53. The molecule has 1 unspecified atom stereocenters. The molecule has 0 radical (unpaired) electrons. The average molecular weight is 277 g/mol. The van der Waals surface area contributed by atoms with Crippen LogP contribution in [0.15, 0.2) is 24.3 Å². The molecule has 1 aliphatic rings. The van der Waals surface area contributed by atoms with E-state index >= 15 is 0 Å². The van der Waals surface area contributed by atoms with Crippen molar-refractivity contribution in [3.05, 3.63) is 35.4 Å². The van der Waals surface area contributed by atoms with Gasteiger partial charge in [0, 0.05) is 12.1 Å². The summed E-state index contributed by atoms with van der Waals surface area (Å²) in [5, 5.41) is 9.60. The molecule has 0 aliphatic carbocycles. The van der Waals surface area contributed by atoms with Gasteiger partial charge in [-0.3, -0.25) is 15.1 Å². The Bertz CT molecular complexity index is 454. The van der Waals surface area contributed by atoms with Crippen LogP contribution < -0.4 is 11.3 Å². The van der Waals surface area contributed by atoms with Gasteiger partial charge in [0.2, 0.25) is 0 Å². The van der Waals surface area contributed by atoms with E-state index in [4.69, 9.17) is 5.84 Å². The van der Waals surface area contributed by atoms with Crippen LogP contribution in [-0.2, 0) is 6.54 Å². The highest BCUT2D eigenvalue weighted by atomic mass is 16.3. The van der Waals surface area contributed by atoms with Gasteiger partial charge in [0.05, 0.1) is 6.10 Å². The zero-order chi connectivity index (χ0) is 14.5. The number of carbonyl (C=O) groups excluding carboxylic acids is 1. The maximum Gasteiger partial charge on any atom is 0.265 e. The van der Waals surface area contributed by atoms with Gasteiger partial charge in [-0.2, -0.15) is 0 Å². The Hall–Kier alpha value is -1.43. The molecule has 1 atom stereocenters. The molecule has 1 fully saturated rings. The van der Waals surface area contributed by atoms with E-state index in [0.29, 0.717) is 11.5 Å². The molecule has 0 aromatic heterocycles. The summed E-state index contributed by atoms with van der Waals surface area (Å²) in [6.07, 6.45) is 1.84. The van der Waals surface area contributed by atoms with Crippen molar-refractivity contribution in [3.63, 3.8) is 0 Å². The third-order valence-electron chi connectivity index (χ3n) is 4.04. The first-order valence-electron chi connectivity index (χ1n) is 7.10. The van der Waals surface area contributed by atoms with Gasteiger partial charge in [0.1, 0.15) is 0 Å². The lowest BCUT2D eigenvalue weighted by Gasteiger charge is -2.33. The molecule has 0 bridgehead atoms. The van der Waals surface area contributed by atoms with Crippen LogP contribution in [0.5, 0.6) is 0 Å². The Labute approximate surface area is 119 Å². The number of aliphatic hydroxyl groups is 1. The summed E-state index contributed by atoms with van der Waals surface area (Å²) in [6, 6.07) is 7.53. The number of amides is 1. The predicted octanol–water partition coefficient (Wildman–Crippen LogP) is 0.883. The summed E-state index contributed by atoms with van der Waals surface area (Å²) in [5.41, 5.74) is 3.85. The largest absolute Gasteiger partial charge is 0.393 e. The number of rotatable bonds is 4. The molecule has 5 nitrogen and oxygen atoms in total. The summed E-state index contributed by atoms with van der Waals surface area (Å²) in [4.78, 5) is 13.9. The number of hydrogen-bond donors (Lipinski definition) is 3. The summed E-state index contributed by atoms with van der Waals surface area (Å²) in [6.45, 7) is 4.68. The normalized spacial score (nSPS) is 18.8. The number of aliphatic hydroxyl groups excluding tert-OH is 1. The maximum absolute atomic E-state index is 11.5. The molecule has 1 saturated heterocycles. The van der Waals surface area contributed by atoms with E-state index in [-0.39, 0.29) is 12.0 Å². The minimum Gasteiger partial charge on any atom is -0.393 e. The van der Waals surface area contributed by atoms with Crippen LogP contribution in [0.4, 0.5) is 0 Å². The number of nitrogen functional groups attached to an aromatic ring is 1. The Balaban J connectivity index is 1.93. The fourth-order valence-corrected chi connectivity index (χ4v) is 2.75. The van der Waals surface area contributed by atoms with Gasteiger partial charge in [-0.05, 0) is 56.5 Å². The van der Waals surface area contributed by atoms with Crippen LogP contribution in [0.1, 0.15) is 35.7 Å². The first kappa shape index (κ1) is 15.0. The number of hydrazine groups is 1. The number of hydrogen-bond acceptors (Lipinski definition) is 4. The van der Waals surface area contributed by atoms with Gasteiger partial charge in [-0.25, -0.2) is 5.84 Å². The van der Waals surface area contributed by atoms with Gasteiger partial charge in [0.25, 0.3) is 5.91 Å². The van der Waals surface area contributed by atoms with Crippen molar-refractivity contribution in [2.75, 3.05) is 13.1 Å². The van der Waals surface area contributed by atoms with Gasteiger partial charge in [0.15, 0.2) is 0 Å². The van der Waals surface area contributed by atoms with Crippen molar-refractivity contribution in [1.29, 1.82) is 0 Å². The van der Waals surface area contributed by atoms with Crippen molar-refractivity contribution in [2.24, 2.45) is 11.8 Å². The van der Waals surface area contributed by atoms with Gasteiger partial charge in [-0.1, -0.05) is 12.1 Å². The Kier molecular flexibility index (Phi) is 5.11. The number of nitrogens with one attached hydrogen (secondary N) is 1. The molecular weight excluding hydrogens is 254 g/mol. The Morgan fingerprint density at radius 3 is 2.80 bits per heavy atom. The lowest BCUT2D eigenvalue weighted by atomic mass is 9.92. The van der Waals surface area contributed by atoms with Crippen LogP contribution in [0.25, 0.3) is 0 Å². The van der Waals surface area contributed by atoms with Crippen molar-refractivity contribution >= 4 is 5.91 Å². The van der Waals surface area contributed by atoms with Gasteiger partial charge < -0.3 is 5.11 Å². The lowest BCUT2D eigenvalue weighted by Crippen LogP contribution is -2.36. The highest BCUT2D eigenvalue weighted by molar-refractivity contribution is 5.93. The second-order valence-corrected chi connectivity index (χ2v) is 5.53. The van der Waals surface area contributed by atoms with Gasteiger partial charge >= 0.3 is 0 Å². The topological polar surface area (TPSA) is 78.6 Å². The number of carbonyl (C=O) groups is 1. The average Bonchev–Trinajstić information content (AvgIpc) is 2.47. The fourth-order valence-electron chi connectivity index (χ4n) is 2.75. The molecule has 1 aromatic carbocycles. The minimum absolute atomic E-state index is 0.214. The van der Waals surface area contributed by atoms with Crippen LogP contribution in [0.3, 0.4) is 0 Å². The number of nitrogens with zero attached hydrogens (tertiary/aromatic N) is 1. The van der Waals surface area contributed by atoms with Crippen LogP contribution in [0.2, 0.25) is 0 Å². The highest BCUT2D eigenvalue weighted by Crippen LogP contribution is 2.22. The van der Waals surface area contributed by atoms with E-state index in [9.17, 15) is 9.90 Å². The molecule has 5 heteroatoms. The third-order valence-corrected chi connectivity index (χ3v) is 4.04. The molecular formula is C15H23N3O2. The molecule has 4 N–H and O–H groups in total. The molecule has 1 aliphatic heterocycles. The standard InChI is InChI=1S/C15H23N3O2/c1-11(19)13-5-7-18(8-6-13)10-12-3-2-4-14(9-12)15(20)17-16/h2-4,9,11,13,19H,5-8,10,16H2,1H3,(H,17,20). The first-order valence-corrected chi connectivity index (χ1v) is 7.10. The van der Waals surface area contributed by atoms with Crippen molar-refractivity contribution in [2.45, 2.75) is 32.4 Å². The van der Waals surface area contributed by atoms with Crippen molar-refractivity contribution in [3.8, 4) is 0 Å². The smallest absolute Gasteiger partial charge is 0.265 e. The third kappa shape index (κ3) is 3.79. The summed E-state index contributed by atoms with van der Waals surface area (Å²) < 4.78 is 0. The monoisotopic (exact) mass is 277 g/mol. The molecule has 20 heavy (non-hydrogen) atoms. The number of likely N-dealkylation sites (tertiary alicyclic amines) is 1. The predicted molar refractivity (Wildman–Crippen MR) is 77.8 cm³/mol. The zero-order valence-electron chi connectivity index (χ0n) is 11.9. The van der Waals surface area contributed by atoms with Crippen molar-refractivity contribution in [1.82, 2.24) is 10.3 Å². The highest BCUT2D eigenvalue weighted by Gasteiger charge is 2.22. The Morgan fingerprint density at radius 1 is 1.50 bits per heavy atom. The summed E-state index contributed by atoms with van der Waals surface area (Å²) >= 11 is 0. The van der Waals surface area contributed by atoms with Crippen LogP contribution in [0, 0.1) is 5.92 Å². The van der Waals surface area contributed by atoms with Crippen molar-refractivity contribution < 1.29 is 9.90 Å². The Morgan fingerprint density at radius 2 is 2.20 bits per heavy atom. The lowest BCUT2D eigenvalue weighted by molar-refractivity contribution is 0.0695. The van der Waals surface area contributed by atoms with Crippen LogP contribution in [-0.4, -0.2) is 35.1 Å². The summed E-state index contributed by atoms with van der Waals surface area (Å²) in [7, 11) is 0. The quantitative estimate of drug-likeness (QED) is 0.434. The molecule has 1 aromatic rings. The first-order chi connectivity index (χ1) is 9.60. The molecule has 1 heterocycles. The van der Waals surface area contributed by atoms with E-state index in [1.54, 1.807) is 6.07 Å². The van der Waals surface area contributed by atoms with E-state index < -0.39 is 0 Å². The molecule has 110 valence electrons. The SMILES string of the molecule is CC(O)C1CCN(Cc2cccc(C(=O)NN)c2)CC1. The molecule has 0 spiro atoms. The zero-order valence-corrected chi connectivity index (χ0v) is 11.9. The number of benzene rings is 1. The van der Waals surface area contributed by atoms with E-state index in [2.05, 4.69) is 10.3 Å². The fraction of sp³-hybridized carbons (Fsp3) is 0.533.